The SMILES string of the molecule is Cc1ccc(C(C)NC(C)Cc2ccco2)c(C)c1. The molecule has 0 saturated heterocycles. The molecule has 0 spiro atoms. The highest BCUT2D eigenvalue weighted by atomic mass is 16.3. The minimum absolute atomic E-state index is 0.352. The fraction of sp³-hybridized carbons (Fsp3) is 0.412. The Kier molecular flexibility index (Phi) is 4.43. The van der Waals surface area contributed by atoms with Gasteiger partial charge < -0.3 is 9.73 Å². The smallest absolute Gasteiger partial charge is 0.105 e. The lowest BCUT2D eigenvalue weighted by Crippen LogP contribution is -2.31. The molecule has 0 aliphatic rings. The van der Waals surface area contributed by atoms with Gasteiger partial charge >= 0.3 is 0 Å². The molecule has 19 heavy (non-hydrogen) atoms. The summed E-state index contributed by atoms with van der Waals surface area (Å²) < 4.78 is 5.39. The minimum Gasteiger partial charge on any atom is -0.469 e. The van der Waals surface area contributed by atoms with E-state index in [1.807, 2.05) is 12.1 Å². The van der Waals surface area contributed by atoms with E-state index in [9.17, 15) is 0 Å². The third kappa shape index (κ3) is 3.71. The van der Waals surface area contributed by atoms with E-state index in [2.05, 4.69) is 51.2 Å². The first-order chi connectivity index (χ1) is 9.06. The van der Waals surface area contributed by atoms with Crippen molar-refractivity contribution in [3.63, 3.8) is 0 Å². The van der Waals surface area contributed by atoms with Crippen LogP contribution in [0.4, 0.5) is 0 Å². The van der Waals surface area contributed by atoms with Crippen molar-refractivity contribution >= 4 is 0 Å². The van der Waals surface area contributed by atoms with Crippen molar-refractivity contribution in [2.75, 3.05) is 0 Å². The van der Waals surface area contributed by atoms with Crippen molar-refractivity contribution in [3.8, 4) is 0 Å². The molecule has 0 fully saturated rings. The van der Waals surface area contributed by atoms with Crippen molar-refractivity contribution in [3.05, 3.63) is 59.0 Å². The van der Waals surface area contributed by atoms with Crippen LogP contribution >= 0.6 is 0 Å². The van der Waals surface area contributed by atoms with Crippen molar-refractivity contribution in [2.24, 2.45) is 0 Å². The number of hydrogen-bond donors (Lipinski definition) is 1. The Hall–Kier alpha value is -1.54. The highest BCUT2D eigenvalue weighted by Crippen LogP contribution is 2.19. The van der Waals surface area contributed by atoms with E-state index in [1.165, 1.54) is 16.7 Å². The molecule has 0 saturated carbocycles. The van der Waals surface area contributed by atoms with E-state index in [-0.39, 0.29) is 0 Å². The second kappa shape index (κ2) is 6.07. The first-order valence-electron chi connectivity index (χ1n) is 6.92. The van der Waals surface area contributed by atoms with Crippen LogP contribution in [0.1, 0.15) is 42.3 Å². The lowest BCUT2D eigenvalue weighted by molar-refractivity contribution is 0.428. The summed E-state index contributed by atoms with van der Waals surface area (Å²) in [7, 11) is 0. The molecule has 2 atom stereocenters. The fourth-order valence-corrected chi connectivity index (χ4v) is 2.62. The highest BCUT2D eigenvalue weighted by molar-refractivity contribution is 5.32. The summed E-state index contributed by atoms with van der Waals surface area (Å²) in [5, 5.41) is 3.63. The van der Waals surface area contributed by atoms with Crippen LogP contribution in [0.2, 0.25) is 0 Å². The fourth-order valence-electron chi connectivity index (χ4n) is 2.62. The maximum Gasteiger partial charge on any atom is 0.105 e. The van der Waals surface area contributed by atoms with Crippen molar-refractivity contribution in [2.45, 2.75) is 46.2 Å². The second-order valence-electron chi connectivity index (χ2n) is 5.43. The summed E-state index contributed by atoms with van der Waals surface area (Å²) in [6.45, 7) is 8.73. The number of benzene rings is 1. The Bertz CT molecular complexity index is 516. The number of rotatable bonds is 5. The summed E-state index contributed by atoms with van der Waals surface area (Å²) in [5.74, 6) is 1.04. The molecule has 2 heteroatoms. The van der Waals surface area contributed by atoms with Gasteiger partial charge in [0.05, 0.1) is 6.26 Å². The zero-order valence-electron chi connectivity index (χ0n) is 12.2. The van der Waals surface area contributed by atoms with Crippen LogP contribution in [0.15, 0.2) is 41.0 Å². The summed E-state index contributed by atoms with van der Waals surface area (Å²) in [6, 6.07) is 11.4. The number of hydrogen-bond acceptors (Lipinski definition) is 2. The normalized spacial score (nSPS) is 14.3. The second-order valence-corrected chi connectivity index (χ2v) is 5.43. The van der Waals surface area contributed by atoms with E-state index in [0.717, 1.165) is 12.2 Å². The zero-order chi connectivity index (χ0) is 13.8. The van der Waals surface area contributed by atoms with Crippen LogP contribution in [0.5, 0.6) is 0 Å². The van der Waals surface area contributed by atoms with Crippen molar-refractivity contribution in [1.82, 2.24) is 5.32 Å². The Morgan fingerprint density at radius 1 is 1.16 bits per heavy atom. The van der Waals surface area contributed by atoms with Crippen molar-refractivity contribution in [1.29, 1.82) is 0 Å². The van der Waals surface area contributed by atoms with Crippen LogP contribution < -0.4 is 5.32 Å². The number of nitrogens with one attached hydrogen (secondary N) is 1. The molecular formula is C17H23NO. The quantitative estimate of drug-likeness (QED) is 0.869. The molecule has 0 aliphatic heterocycles. The van der Waals surface area contributed by atoms with Crippen molar-refractivity contribution < 1.29 is 4.42 Å². The molecule has 1 aromatic heterocycles. The lowest BCUT2D eigenvalue weighted by atomic mass is 9.99. The molecule has 1 heterocycles. The van der Waals surface area contributed by atoms with E-state index < -0.39 is 0 Å². The monoisotopic (exact) mass is 257 g/mol. The molecule has 0 aliphatic carbocycles. The van der Waals surface area contributed by atoms with Gasteiger partial charge in [0.1, 0.15) is 5.76 Å². The number of furan rings is 1. The van der Waals surface area contributed by atoms with Gasteiger partial charge in [-0.25, -0.2) is 0 Å². The molecule has 0 radical (unpaired) electrons. The Morgan fingerprint density at radius 3 is 2.58 bits per heavy atom. The first-order valence-corrected chi connectivity index (χ1v) is 6.92. The molecule has 0 bridgehead atoms. The molecule has 2 rings (SSSR count). The molecule has 0 amide bonds. The van der Waals surface area contributed by atoms with Crippen LogP contribution in [0.3, 0.4) is 0 Å². The third-order valence-corrected chi connectivity index (χ3v) is 3.51. The average molecular weight is 257 g/mol. The summed E-state index contributed by atoms with van der Waals surface area (Å²) in [4.78, 5) is 0. The van der Waals surface area contributed by atoms with E-state index in [1.54, 1.807) is 6.26 Å². The molecule has 2 aromatic rings. The van der Waals surface area contributed by atoms with E-state index in [0.29, 0.717) is 12.1 Å². The number of aryl methyl sites for hydroxylation is 2. The molecule has 102 valence electrons. The standard InChI is InChI=1S/C17H23NO/c1-12-7-8-17(13(2)10-12)15(4)18-14(3)11-16-6-5-9-19-16/h5-10,14-15,18H,11H2,1-4H3. The van der Waals surface area contributed by atoms with Gasteiger partial charge in [0, 0.05) is 18.5 Å². The molecule has 2 unspecified atom stereocenters. The Labute approximate surface area is 115 Å². The summed E-state index contributed by atoms with van der Waals surface area (Å²) in [6.07, 6.45) is 2.65. The van der Waals surface area contributed by atoms with Crippen LogP contribution in [0, 0.1) is 13.8 Å². The van der Waals surface area contributed by atoms with Gasteiger partial charge in [-0.1, -0.05) is 23.8 Å². The molecule has 2 nitrogen and oxygen atoms in total. The topological polar surface area (TPSA) is 25.2 Å². The van der Waals surface area contributed by atoms with Gasteiger partial charge in [-0.05, 0) is 51.0 Å². The molecular weight excluding hydrogens is 234 g/mol. The van der Waals surface area contributed by atoms with Gasteiger partial charge in [-0.15, -0.1) is 0 Å². The third-order valence-electron chi connectivity index (χ3n) is 3.51. The first kappa shape index (κ1) is 13.9. The predicted molar refractivity (Wildman–Crippen MR) is 79.3 cm³/mol. The van der Waals surface area contributed by atoms with Gasteiger partial charge in [0.15, 0.2) is 0 Å². The van der Waals surface area contributed by atoms with Gasteiger partial charge in [-0.2, -0.15) is 0 Å². The van der Waals surface area contributed by atoms with E-state index in [4.69, 9.17) is 4.42 Å². The average Bonchev–Trinajstić information content (AvgIpc) is 2.81. The highest BCUT2D eigenvalue weighted by Gasteiger charge is 2.12. The molecule has 1 N–H and O–H groups in total. The zero-order valence-corrected chi connectivity index (χ0v) is 12.2. The molecule has 1 aromatic carbocycles. The minimum atomic E-state index is 0.352. The van der Waals surface area contributed by atoms with Crippen LogP contribution in [0.25, 0.3) is 0 Å². The van der Waals surface area contributed by atoms with Crippen LogP contribution in [-0.2, 0) is 6.42 Å². The maximum atomic E-state index is 5.39. The summed E-state index contributed by atoms with van der Waals surface area (Å²) >= 11 is 0. The van der Waals surface area contributed by atoms with Crippen LogP contribution in [-0.4, -0.2) is 6.04 Å². The maximum absolute atomic E-state index is 5.39. The van der Waals surface area contributed by atoms with Gasteiger partial charge in [-0.3, -0.25) is 0 Å². The lowest BCUT2D eigenvalue weighted by Gasteiger charge is -2.21. The van der Waals surface area contributed by atoms with Gasteiger partial charge in [0.25, 0.3) is 0 Å². The Balaban J connectivity index is 1.98. The Morgan fingerprint density at radius 2 is 1.95 bits per heavy atom. The largest absolute Gasteiger partial charge is 0.469 e. The van der Waals surface area contributed by atoms with E-state index >= 15 is 0 Å². The summed E-state index contributed by atoms with van der Waals surface area (Å²) in [5.41, 5.74) is 4.04. The van der Waals surface area contributed by atoms with Gasteiger partial charge in [0.2, 0.25) is 0 Å². The predicted octanol–water partition coefficient (Wildman–Crippen LogP) is 4.18.